The predicted molar refractivity (Wildman–Crippen MR) is 78.6 cm³/mol. The van der Waals surface area contributed by atoms with E-state index < -0.39 is 0 Å². The maximum absolute atomic E-state index is 11.7. The van der Waals surface area contributed by atoms with Crippen LogP contribution in [0.4, 0.5) is 5.69 Å². The zero-order chi connectivity index (χ0) is 14.3. The molecule has 0 bridgehead atoms. The Hall–Kier alpha value is -1.71. The van der Waals surface area contributed by atoms with Crippen LogP contribution < -0.4 is 15.4 Å². The van der Waals surface area contributed by atoms with Gasteiger partial charge in [0.2, 0.25) is 5.91 Å². The number of hydrogen-bond acceptors (Lipinski definition) is 3. The van der Waals surface area contributed by atoms with Crippen LogP contribution >= 0.6 is 0 Å². The lowest BCUT2D eigenvalue weighted by Crippen LogP contribution is -2.37. The summed E-state index contributed by atoms with van der Waals surface area (Å²) in [4.78, 5) is 11.7. The summed E-state index contributed by atoms with van der Waals surface area (Å²) < 4.78 is 5.75. The number of carbonyl (C=O) groups is 1. The van der Waals surface area contributed by atoms with Gasteiger partial charge in [-0.1, -0.05) is 13.0 Å². The highest BCUT2D eigenvalue weighted by atomic mass is 16.5. The Balaban J connectivity index is 2.63. The maximum atomic E-state index is 11.7. The second-order valence-corrected chi connectivity index (χ2v) is 4.63. The summed E-state index contributed by atoms with van der Waals surface area (Å²) in [5.74, 6) is 0.818. The smallest absolute Gasteiger partial charge is 0.242 e. The summed E-state index contributed by atoms with van der Waals surface area (Å²) in [5, 5.41) is 5.95. The van der Waals surface area contributed by atoms with Crippen molar-refractivity contribution in [3.63, 3.8) is 0 Å². The second kappa shape index (κ2) is 7.67. The standard InChI is InChI=1S/C15H24N2O2/c1-5-11(3)19-14-9-7-8-13(10-14)17-12(4)15(18)16-6-2/h7-12,17H,5-6H2,1-4H3,(H,16,18). The van der Waals surface area contributed by atoms with E-state index in [0.29, 0.717) is 6.54 Å². The summed E-state index contributed by atoms with van der Waals surface area (Å²) in [6, 6.07) is 7.43. The molecule has 2 atom stereocenters. The number of benzene rings is 1. The normalized spacial score (nSPS) is 13.5. The van der Waals surface area contributed by atoms with Crippen LogP contribution in [0.25, 0.3) is 0 Å². The molecule has 0 saturated heterocycles. The molecule has 0 heterocycles. The third kappa shape index (κ3) is 5.20. The highest BCUT2D eigenvalue weighted by Gasteiger charge is 2.11. The van der Waals surface area contributed by atoms with Crippen molar-refractivity contribution < 1.29 is 9.53 Å². The van der Waals surface area contributed by atoms with E-state index in [9.17, 15) is 4.79 Å². The Morgan fingerprint density at radius 2 is 2.05 bits per heavy atom. The Kier molecular flexibility index (Phi) is 6.19. The van der Waals surface area contributed by atoms with E-state index in [-0.39, 0.29) is 18.1 Å². The van der Waals surface area contributed by atoms with Gasteiger partial charge in [-0.05, 0) is 39.3 Å². The Morgan fingerprint density at radius 1 is 1.32 bits per heavy atom. The highest BCUT2D eigenvalue weighted by Crippen LogP contribution is 2.19. The van der Waals surface area contributed by atoms with Gasteiger partial charge in [-0.2, -0.15) is 0 Å². The lowest BCUT2D eigenvalue weighted by Gasteiger charge is -2.17. The zero-order valence-corrected chi connectivity index (χ0v) is 12.2. The minimum Gasteiger partial charge on any atom is -0.491 e. The molecular weight excluding hydrogens is 240 g/mol. The first kappa shape index (κ1) is 15.3. The van der Waals surface area contributed by atoms with Crippen LogP contribution in [0, 0.1) is 0 Å². The minimum atomic E-state index is -0.265. The summed E-state index contributed by atoms with van der Waals surface area (Å²) in [6.45, 7) is 8.52. The molecule has 2 N–H and O–H groups in total. The lowest BCUT2D eigenvalue weighted by molar-refractivity contribution is -0.121. The molecule has 2 unspecified atom stereocenters. The van der Waals surface area contributed by atoms with Crippen LogP contribution in [0.3, 0.4) is 0 Å². The Bertz CT molecular complexity index is 407. The molecule has 106 valence electrons. The molecule has 1 rings (SSSR count). The molecule has 4 nitrogen and oxygen atoms in total. The van der Waals surface area contributed by atoms with Crippen LogP contribution in [0.1, 0.15) is 34.1 Å². The second-order valence-electron chi connectivity index (χ2n) is 4.63. The molecule has 1 aromatic rings. The summed E-state index contributed by atoms with van der Waals surface area (Å²) in [7, 11) is 0. The first-order chi connectivity index (χ1) is 9.06. The zero-order valence-electron chi connectivity index (χ0n) is 12.2. The third-order valence-corrected chi connectivity index (χ3v) is 2.87. The van der Waals surface area contributed by atoms with Crippen molar-refractivity contribution in [2.24, 2.45) is 0 Å². The van der Waals surface area contributed by atoms with Gasteiger partial charge >= 0.3 is 0 Å². The molecule has 0 aliphatic heterocycles. The molecule has 0 aromatic heterocycles. The van der Waals surface area contributed by atoms with Gasteiger partial charge in [0.15, 0.2) is 0 Å². The molecule has 4 heteroatoms. The van der Waals surface area contributed by atoms with E-state index in [0.717, 1.165) is 17.9 Å². The van der Waals surface area contributed by atoms with Gasteiger partial charge in [0.25, 0.3) is 0 Å². The van der Waals surface area contributed by atoms with E-state index in [1.807, 2.05) is 45.0 Å². The number of anilines is 1. The molecule has 0 radical (unpaired) electrons. The average Bonchev–Trinajstić information content (AvgIpc) is 2.39. The number of likely N-dealkylation sites (N-methyl/N-ethyl adjacent to an activating group) is 1. The molecule has 0 aliphatic carbocycles. The van der Waals surface area contributed by atoms with Gasteiger partial charge in [-0.25, -0.2) is 0 Å². The molecule has 0 spiro atoms. The van der Waals surface area contributed by atoms with Crippen LogP contribution in [0.15, 0.2) is 24.3 Å². The fourth-order valence-electron chi connectivity index (χ4n) is 1.62. The largest absolute Gasteiger partial charge is 0.491 e. The summed E-state index contributed by atoms with van der Waals surface area (Å²) in [6.07, 6.45) is 1.16. The Labute approximate surface area is 115 Å². The number of rotatable bonds is 7. The molecule has 0 fully saturated rings. The van der Waals surface area contributed by atoms with Gasteiger partial charge in [0.05, 0.1) is 6.10 Å². The molecule has 0 aliphatic rings. The molecule has 0 saturated carbocycles. The maximum Gasteiger partial charge on any atom is 0.242 e. The summed E-state index contributed by atoms with van der Waals surface area (Å²) in [5.41, 5.74) is 0.888. The monoisotopic (exact) mass is 264 g/mol. The number of amides is 1. The summed E-state index contributed by atoms with van der Waals surface area (Å²) >= 11 is 0. The van der Waals surface area contributed by atoms with Crippen LogP contribution in [-0.2, 0) is 4.79 Å². The van der Waals surface area contributed by atoms with E-state index in [1.165, 1.54) is 0 Å². The van der Waals surface area contributed by atoms with Crippen molar-refractivity contribution in [2.75, 3.05) is 11.9 Å². The van der Waals surface area contributed by atoms with E-state index in [2.05, 4.69) is 17.6 Å². The SMILES string of the molecule is CCNC(=O)C(C)Nc1cccc(OC(C)CC)c1. The van der Waals surface area contributed by atoms with Gasteiger partial charge in [0.1, 0.15) is 11.8 Å². The minimum absolute atomic E-state index is 0.00394. The van der Waals surface area contributed by atoms with Crippen molar-refractivity contribution in [3.05, 3.63) is 24.3 Å². The number of ether oxygens (including phenoxy) is 1. The van der Waals surface area contributed by atoms with Gasteiger partial charge in [-0.15, -0.1) is 0 Å². The van der Waals surface area contributed by atoms with Crippen molar-refractivity contribution >= 4 is 11.6 Å². The average molecular weight is 264 g/mol. The molecule has 1 aromatic carbocycles. The topological polar surface area (TPSA) is 50.4 Å². The molecule has 19 heavy (non-hydrogen) atoms. The number of carbonyl (C=O) groups excluding carboxylic acids is 1. The number of hydrogen-bond donors (Lipinski definition) is 2. The van der Waals surface area contributed by atoms with Crippen molar-refractivity contribution in [1.82, 2.24) is 5.32 Å². The van der Waals surface area contributed by atoms with Gasteiger partial charge < -0.3 is 15.4 Å². The molecular formula is C15H24N2O2. The molecule has 1 amide bonds. The first-order valence-electron chi connectivity index (χ1n) is 6.87. The Morgan fingerprint density at radius 3 is 2.68 bits per heavy atom. The fourth-order valence-corrected chi connectivity index (χ4v) is 1.62. The van der Waals surface area contributed by atoms with E-state index >= 15 is 0 Å². The van der Waals surface area contributed by atoms with Crippen LogP contribution in [0.5, 0.6) is 5.75 Å². The van der Waals surface area contributed by atoms with Crippen LogP contribution in [-0.4, -0.2) is 24.6 Å². The fraction of sp³-hybridized carbons (Fsp3) is 0.533. The van der Waals surface area contributed by atoms with Crippen LogP contribution in [0.2, 0.25) is 0 Å². The lowest BCUT2D eigenvalue weighted by atomic mass is 10.2. The van der Waals surface area contributed by atoms with Gasteiger partial charge in [0, 0.05) is 18.3 Å². The van der Waals surface area contributed by atoms with Crippen molar-refractivity contribution in [3.8, 4) is 5.75 Å². The highest BCUT2D eigenvalue weighted by molar-refractivity contribution is 5.84. The third-order valence-electron chi connectivity index (χ3n) is 2.87. The van der Waals surface area contributed by atoms with Crippen molar-refractivity contribution in [2.45, 2.75) is 46.3 Å². The first-order valence-corrected chi connectivity index (χ1v) is 6.87. The van der Waals surface area contributed by atoms with Crippen molar-refractivity contribution in [1.29, 1.82) is 0 Å². The quantitative estimate of drug-likeness (QED) is 0.796. The van der Waals surface area contributed by atoms with Gasteiger partial charge in [-0.3, -0.25) is 4.79 Å². The van der Waals surface area contributed by atoms with E-state index in [4.69, 9.17) is 4.74 Å². The number of nitrogens with one attached hydrogen (secondary N) is 2. The van der Waals surface area contributed by atoms with E-state index in [1.54, 1.807) is 0 Å². The predicted octanol–water partition coefficient (Wildman–Crippen LogP) is 2.80.